The van der Waals surface area contributed by atoms with Gasteiger partial charge in [0.1, 0.15) is 22.6 Å². The first-order valence-electron chi connectivity index (χ1n) is 9.25. The first-order chi connectivity index (χ1) is 14.4. The molecule has 0 aliphatic heterocycles. The van der Waals surface area contributed by atoms with Crippen molar-refractivity contribution >= 4 is 22.8 Å². The van der Waals surface area contributed by atoms with Crippen molar-refractivity contribution in [1.82, 2.24) is 5.32 Å². The Morgan fingerprint density at radius 1 is 1.13 bits per heavy atom. The number of nitrogens with one attached hydrogen (secondary N) is 1. The summed E-state index contributed by atoms with van der Waals surface area (Å²) in [5.74, 6) is -0.352. The average Bonchev–Trinajstić information content (AvgIpc) is 2.70. The Morgan fingerprint density at radius 3 is 2.67 bits per heavy atom. The Balaban J connectivity index is 1.70. The monoisotopic (exact) mass is 407 g/mol. The molecule has 0 fully saturated rings. The fourth-order valence-electron chi connectivity index (χ4n) is 2.83. The highest BCUT2D eigenvalue weighted by molar-refractivity contribution is 5.96. The van der Waals surface area contributed by atoms with Crippen LogP contribution in [0.2, 0.25) is 0 Å². The molecule has 3 rings (SSSR count). The Morgan fingerprint density at radius 2 is 1.93 bits per heavy atom. The number of esters is 1. The largest absolute Gasteiger partial charge is 0.482 e. The minimum atomic E-state index is -0.786. The maximum absolute atomic E-state index is 12.1. The fraction of sp³-hybridized carbons (Fsp3) is 0.174. The Bertz CT molecular complexity index is 1180. The minimum absolute atomic E-state index is 0.115. The molecule has 0 unspecified atom stereocenters. The minimum Gasteiger partial charge on any atom is -0.482 e. The highest BCUT2D eigenvalue weighted by Crippen LogP contribution is 2.22. The van der Waals surface area contributed by atoms with E-state index in [9.17, 15) is 14.4 Å². The van der Waals surface area contributed by atoms with Gasteiger partial charge in [-0.1, -0.05) is 23.8 Å². The Hall–Kier alpha value is -3.87. The zero-order chi connectivity index (χ0) is 21.7. The fourth-order valence-corrected chi connectivity index (χ4v) is 2.83. The molecular formula is C23H21NO6. The molecule has 1 N–H and O–H groups in total. The number of benzene rings is 2. The second-order valence-electron chi connectivity index (χ2n) is 6.68. The maximum Gasteiger partial charge on any atom is 0.349 e. The van der Waals surface area contributed by atoms with E-state index in [0.29, 0.717) is 11.1 Å². The molecule has 1 heterocycles. The van der Waals surface area contributed by atoms with Crippen LogP contribution in [-0.2, 0) is 4.79 Å². The van der Waals surface area contributed by atoms with Crippen LogP contribution in [0.3, 0.4) is 0 Å². The van der Waals surface area contributed by atoms with E-state index in [2.05, 4.69) is 11.9 Å². The van der Waals surface area contributed by atoms with Gasteiger partial charge in [0.05, 0.1) is 0 Å². The van der Waals surface area contributed by atoms with Gasteiger partial charge in [-0.15, -0.1) is 6.58 Å². The number of amides is 1. The molecule has 1 amide bonds. The van der Waals surface area contributed by atoms with Crippen molar-refractivity contribution in [3.05, 3.63) is 82.2 Å². The van der Waals surface area contributed by atoms with Gasteiger partial charge >= 0.3 is 11.6 Å². The maximum atomic E-state index is 12.1. The molecule has 0 saturated heterocycles. The normalized spacial score (nSPS) is 10.5. The van der Waals surface area contributed by atoms with Gasteiger partial charge in [0, 0.05) is 18.0 Å². The van der Waals surface area contributed by atoms with Crippen LogP contribution in [0.5, 0.6) is 11.5 Å². The molecule has 1 aromatic heterocycles. The molecule has 0 saturated carbocycles. The van der Waals surface area contributed by atoms with E-state index in [-0.39, 0.29) is 30.0 Å². The number of hydrogen-bond donors (Lipinski definition) is 1. The summed E-state index contributed by atoms with van der Waals surface area (Å²) in [6.07, 6.45) is 1.51. The van der Waals surface area contributed by atoms with Crippen LogP contribution in [0, 0.1) is 13.8 Å². The predicted octanol–water partition coefficient (Wildman–Crippen LogP) is 3.31. The highest BCUT2D eigenvalue weighted by Gasteiger charge is 2.14. The van der Waals surface area contributed by atoms with Gasteiger partial charge in [-0.05, 0) is 43.7 Å². The van der Waals surface area contributed by atoms with Gasteiger partial charge in [-0.2, -0.15) is 0 Å². The standard InChI is InChI=1S/C23H21NO6/c1-4-9-24-22(26)18-11-16-6-7-17(12-20(16)30-23(18)27)29-21(25)13-28-19-8-5-14(2)10-15(19)3/h4-8,10-12H,1,9,13H2,2-3H3,(H,24,26). The van der Waals surface area contributed by atoms with E-state index in [1.54, 1.807) is 18.2 Å². The zero-order valence-electron chi connectivity index (χ0n) is 16.7. The molecule has 0 aliphatic rings. The summed E-state index contributed by atoms with van der Waals surface area (Å²) in [6.45, 7) is 7.33. The molecule has 0 spiro atoms. The lowest BCUT2D eigenvalue weighted by Gasteiger charge is -2.10. The van der Waals surface area contributed by atoms with Gasteiger partial charge in [-0.25, -0.2) is 9.59 Å². The summed E-state index contributed by atoms with van der Waals surface area (Å²) < 4.78 is 16.0. The number of fused-ring (bicyclic) bond motifs is 1. The second-order valence-corrected chi connectivity index (χ2v) is 6.68. The number of rotatable bonds is 7. The van der Waals surface area contributed by atoms with Crippen molar-refractivity contribution in [2.75, 3.05) is 13.2 Å². The highest BCUT2D eigenvalue weighted by atomic mass is 16.6. The van der Waals surface area contributed by atoms with Gasteiger partial charge in [0.2, 0.25) is 0 Å². The van der Waals surface area contributed by atoms with Crippen LogP contribution in [0.15, 0.2) is 64.3 Å². The molecular weight excluding hydrogens is 386 g/mol. The zero-order valence-corrected chi connectivity index (χ0v) is 16.7. The Labute approximate surface area is 172 Å². The van der Waals surface area contributed by atoms with Crippen LogP contribution in [-0.4, -0.2) is 25.0 Å². The summed E-state index contributed by atoms with van der Waals surface area (Å²) in [7, 11) is 0. The summed E-state index contributed by atoms with van der Waals surface area (Å²) in [4.78, 5) is 36.2. The predicted molar refractivity (Wildman–Crippen MR) is 112 cm³/mol. The van der Waals surface area contributed by atoms with Crippen molar-refractivity contribution in [1.29, 1.82) is 0 Å². The molecule has 7 nitrogen and oxygen atoms in total. The molecule has 7 heteroatoms. The summed E-state index contributed by atoms with van der Waals surface area (Å²) in [6, 6.07) is 11.6. The average molecular weight is 407 g/mol. The summed E-state index contributed by atoms with van der Waals surface area (Å²) >= 11 is 0. The van der Waals surface area contributed by atoms with E-state index < -0.39 is 17.5 Å². The lowest BCUT2D eigenvalue weighted by Crippen LogP contribution is -2.28. The number of hydrogen-bond acceptors (Lipinski definition) is 6. The van der Waals surface area contributed by atoms with Crippen LogP contribution >= 0.6 is 0 Å². The number of carbonyl (C=O) groups is 2. The van der Waals surface area contributed by atoms with Gasteiger partial charge in [-0.3, -0.25) is 4.79 Å². The number of ether oxygens (including phenoxy) is 2. The second kappa shape index (κ2) is 9.09. The van der Waals surface area contributed by atoms with E-state index >= 15 is 0 Å². The number of carbonyl (C=O) groups excluding carboxylic acids is 2. The third-order valence-electron chi connectivity index (χ3n) is 4.27. The molecule has 0 radical (unpaired) electrons. The SMILES string of the molecule is C=CCNC(=O)c1cc2ccc(OC(=O)COc3ccc(C)cc3C)cc2oc1=O. The van der Waals surface area contributed by atoms with Crippen molar-refractivity contribution < 1.29 is 23.5 Å². The third kappa shape index (κ3) is 4.94. The van der Waals surface area contributed by atoms with Gasteiger partial charge < -0.3 is 19.2 Å². The lowest BCUT2D eigenvalue weighted by molar-refractivity contribution is -0.136. The summed E-state index contributed by atoms with van der Waals surface area (Å²) in [5, 5.41) is 3.04. The molecule has 30 heavy (non-hydrogen) atoms. The quantitative estimate of drug-likeness (QED) is 0.279. The third-order valence-corrected chi connectivity index (χ3v) is 4.27. The van der Waals surface area contributed by atoms with Crippen LogP contribution in [0.25, 0.3) is 11.0 Å². The number of aryl methyl sites for hydroxylation is 2. The summed E-state index contributed by atoms with van der Waals surface area (Å²) in [5.41, 5.74) is 1.31. The molecule has 0 atom stereocenters. The van der Waals surface area contributed by atoms with E-state index in [4.69, 9.17) is 13.9 Å². The van der Waals surface area contributed by atoms with Crippen LogP contribution in [0.4, 0.5) is 0 Å². The van der Waals surface area contributed by atoms with Crippen molar-refractivity contribution in [3.8, 4) is 11.5 Å². The van der Waals surface area contributed by atoms with Crippen LogP contribution < -0.4 is 20.4 Å². The first-order valence-corrected chi connectivity index (χ1v) is 9.25. The lowest BCUT2D eigenvalue weighted by atomic mass is 10.1. The van der Waals surface area contributed by atoms with Crippen molar-refractivity contribution in [3.63, 3.8) is 0 Å². The van der Waals surface area contributed by atoms with E-state index in [1.165, 1.54) is 18.2 Å². The smallest absolute Gasteiger partial charge is 0.349 e. The van der Waals surface area contributed by atoms with Gasteiger partial charge in [0.25, 0.3) is 5.91 Å². The first kappa shape index (κ1) is 20.9. The molecule has 0 aliphatic carbocycles. The van der Waals surface area contributed by atoms with E-state index in [0.717, 1.165) is 11.1 Å². The van der Waals surface area contributed by atoms with Crippen molar-refractivity contribution in [2.24, 2.45) is 0 Å². The van der Waals surface area contributed by atoms with Crippen molar-refractivity contribution in [2.45, 2.75) is 13.8 Å². The molecule has 2 aromatic carbocycles. The van der Waals surface area contributed by atoms with E-state index in [1.807, 2.05) is 26.0 Å². The molecule has 0 bridgehead atoms. The molecule has 154 valence electrons. The molecule has 3 aromatic rings. The van der Waals surface area contributed by atoms with Crippen LogP contribution in [0.1, 0.15) is 21.5 Å². The van der Waals surface area contributed by atoms with Gasteiger partial charge in [0.15, 0.2) is 6.61 Å². The topological polar surface area (TPSA) is 94.8 Å². The Kier molecular flexibility index (Phi) is 6.32.